The molecule has 0 unspecified atom stereocenters. The average molecular weight is 194 g/mol. The summed E-state index contributed by atoms with van der Waals surface area (Å²) < 4.78 is 13.6. The van der Waals surface area contributed by atoms with Gasteiger partial charge in [0.2, 0.25) is 0 Å². The van der Waals surface area contributed by atoms with Crippen molar-refractivity contribution in [3.05, 3.63) is 35.1 Å². The SMILES string of the molecule is CCc1ccc(CC(C)(C)C)c(F)c1. The molecule has 78 valence electrons. The smallest absolute Gasteiger partial charge is 0.126 e. The van der Waals surface area contributed by atoms with E-state index >= 15 is 0 Å². The largest absolute Gasteiger partial charge is 0.207 e. The molecule has 0 aromatic heterocycles. The minimum Gasteiger partial charge on any atom is -0.207 e. The number of aryl methyl sites for hydroxylation is 1. The van der Waals surface area contributed by atoms with Crippen molar-refractivity contribution < 1.29 is 4.39 Å². The highest BCUT2D eigenvalue weighted by atomic mass is 19.1. The molecule has 14 heavy (non-hydrogen) atoms. The normalized spacial score (nSPS) is 11.8. The summed E-state index contributed by atoms with van der Waals surface area (Å²) in [7, 11) is 0. The van der Waals surface area contributed by atoms with Crippen molar-refractivity contribution in [3.63, 3.8) is 0 Å². The fourth-order valence-corrected chi connectivity index (χ4v) is 1.53. The number of hydrogen-bond acceptors (Lipinski definition) is 0. The third-order valence-corrected chi connectivity index (χ3v) is 2.25. The summed E-state index contributed by atoms with van der Waals surface area (Å²) in [6.45, 7) is 8.42. The summed E-state index contributed by atoms with van der Waals surface area (Å²) in [6.07, 6.45) is 1.69. The Bertz CT molecular complexity index is 308. The summed E-state index contributed by atoms with van der Waals surface area (Å²) in [4.78, 5) is 0. The number of benzene rings is 1. The third-order valence-electron chi connectivity index (χ3n) is 2.25. The van der Waals surface area contributed by atoms with Crippen molar-refractivity contribution in [1.82, 2.24) is 0 Å². The van der Waals surface area contributed by atoms with Crippen LogP contribution in [0.3, 0.4) is 0 Å². The maximum absolute atomic E-state index is 13.6. The predicted octanol–water partition coefficient (Wildman–Crippen LogP) is 3.98. The Morgan fingerprint density at radius 3 is 2.29 bits per heavy atom. The molecular formula is C13H19F. The molecule has 0 bridgehead atoms. The molecular weight excluding hydrogens is 175 g/mol. The number of hydrogen-bond donors (Lipinski definition) is 0. The van der Waals surface area contributed by atoms with Crippen molar-refractivity contribution >= 4 is 0 Å². The van der Waals surface area contributed by atoms with E-state index in [2.05, 4.69) is 20.8 Å². The van der Waals surface area contributed by atoms with E-state index in [9.17, 15) is 4.39 Å². The first kappa shape index (κ1) is 11.2. The lowest BCUT2D eigenvalue weighted by molar-refractivity contribution is 0.402. The van der Waals surface area contributed by atoms with Crippen molar-refractivity contribution in [1.29, 1.82) is 0 Å². The maximum Gasteiger partial charge on any atom is 0.126 e. The van der Waals surface area contributed by atoms with Crippen LogP contribution in [-0.2, 0) is 12.8 Å². The molecule has 0 nitrogen and oxygen atoms in total. The van der Waals surface area contributed by atoms with Gasteiger partial charge in [-0.25, -0.2) is 4.39 Å². The van der Waals surface area contributed by atoms with Crippen LogP contribution < -0.4 is 0 Å². The van der Waals surface area contributed by atoms with Gasteiger partial charge in [0.1, 0.15) is 5.82 Å². The zero-order chi connectivity index (χ0) is 10.8. The fourth-order valence-electron chi connectivity index (χ4n) is 1.53. The zero-order valence-electron chi connectivity index (χ0n) is 9.52. The highest BCUT2D eigenvalue weighted by Crippen LogP contribution is 2.23. The van der Waals surface area contributed by atoms with Crippen LogP contribution in [0.5, 0.6) is 0 Å². The van der Waals surface area contributed by atoms with E-state index in [0.29, 0.717) is 0 Å². The van der Waals surface area contributed by atoms with Gasteiger partial charge in [-0.05, 0) is 35.4 Å². The van der Waals surface area contributed by atoms with E-state index in [4.69, 9.17) is 0 Å². The van der Waals surface area contributed by atoms with Gasteiger partial charge in [-0.3, -0.25) is 0 Å². The summed E-state index contributed by atoms with van der Waals surface area (Å²) >= 11 is 0. The molecule has 0 amide bonds. The molecule has 1 aromatic carbocycles. The molecule has 0 aliphatic heterocycles. The van der Waals surface area contributed by atoms with Crippen molar-refractivity contribution in [2.24, 2.45) is 5.41 Å². The molecule has 0 N–H and O–H groups in total. The summed E-state index contributed by atoms with van der Waals surface area (Å²) in [5, 5.41) is 0. The Balaban J connectivity index is 2.89. The quantitative estimate of drug-likeness (QED) is 0.668. The molecule has 0 radical (unpaired) electrons. The van der Waals surface area contributed by atoms with E-state index < -0.39 is 0 Å². The topological polar surface area (TPSA) is 0 Å². The average Bonchev–Trinajstić information content (AvgIpc) is 2.06. The van der Waals surface area contributed by atoms with Gasteiger partial charge in [-0.1, -0.05) is 39.8 Å². The van der Waals surface area contributed by atoms with Gasteiger partial charge >= 0.3 is 0 Å². The summed E-state index contributed by atoms with van der Waals surface area (Å²) in [5.41, 5.74) is 2.05. The minimum absolute atomic E-state index is 0.0562. The molecule has 0 aliphatic rings. The van der Waals surface area contributed by atoms with Crippen LogP contribution >= 0.6 is 0 Å². The Morgan fingerprint density at radius 2 is 1.86 bits per heavy atom. The molecule has 0 saturated carbocycles. The van der Waals surface area contributed by atoms with Crippen molar-refractivity contribution in [2.45, 2.75) is 40.5 Å². The summed E-state index contributed by atoms with van der Waals surface area (Å²) in [6, 6.07) is 5.59. The van der Waals surface area contributed by atoms with Gasteiger partial charge in [0.15, 0.2) is 0 Å². The van der Waals surface area contributed by atoms with Gasteiger partial charge in [0.05, 0.1) is 0 Å². The molecule has 1 heteroatoms. The standard InChI is InChI=1S/C13H19F/c1-5-10-6-7-11(12(14)8-10)9-13(2,3)4/h6-8H,5,9H2,1-4H3. The fraction of sp³-hybridized carbons (Fsp3) is 0.538. The first-order valence-corrected chi connectivity index (χ1v) is 5.19. The van der Waals surface area contributed by atoms with Crippen LogP contribution in [0.1, 0.15) is 38.8 Å². The lowest BCUT2D eigenvalue weighted by Crippen LogP contribution is -2.10. The molecule has 0 spiro atoms. The van der Waals surface area contributed by atoms with Gasteiger partial charge in [-0.15, -0.1) is 0 Å². The highest BCUT2D eigenvalue weighted by Gasteiger charge is 2.14. The maximum atomic E-state index is 13.6. The number of halogens is 1. The van der Waals surface area contributed by atoms with E-state index in [1.54, 1.807) is 6.07 Å². The Labute approximate surface area is 86.2 Å². The molecule has 0 fully saturated rings. The molecule has 0 atom stereocenters. The molecule has 1 aromatic rings. The minimum atomic E-state index is -0.0562. The zero-order valence-corrected chi connectivity index (χ0v) is 9.52. The van der Waals surface area contributed by atoms with E-state index in [1.807, 2.05) is 19.1 Å². The third kappa shape index (κ3) is 3.13. The van der Waals surface area contributed by atoms with Crippen molar-refractivity contribution in [3.8, 4) is 0 Å². The van der Waals surface area contributed by atoms with Crippen LogP contribution in [0.25, 0.3) is 0 Å². The monoisotopic (exact) mass is 194 g/mol. The second-order valence-electron chi connectivity index (χ2n) is 5.02. The van der Waals surface area contributed by atoms with Gasteiger partial charge < -0.3 is 0 Å². The Morgan fingerprint density at radius 1 is 1.21 bits per heavy atom. The van der Waals surface area contributed by atoms with Crippen molar-refractivity contribution in [2.75, 3.05) is 0 Å². The van der Waals surface area contributed by atoms with E-state index in [0.717, 1.165) is 24.0 Å². The van der Waals surface area contributed by atoms with Gasteiger partial charge in [0, 0.05) is 0 Å². The molecule has 1 rings (SSSR count). The van der Waals surface area contributed by atoms with E-state index in [-0.39, 0.29) is 11.2 Å². The first-order chi connectivity index (χ1) is 6.42. The Hall–Kier alpha value is -0.850. The lowest BCUT2D eigenvalue weighted by Gasteiger charge is -2.18. The molecule has 0 heterocycles. The first-order valence-electron chi connectivity index (χ1n) is 5.19. The van der Waals surface area contributed by atoms with Gasteiger partial charge in [0.25, 0.3) is 0 Å². The Kier molecular flexibility index (Phi) is 3.30. The van der Waals surface area contributed by atoms with E-state index in [1.165, 1.54) is 0 Å². The van der Waals surface area contributed by atoms with Gasteiger partial charge in [-0.2, -0.15) is 0 Å². The van der Waals surface area contributed by atoms with Crippen LogP contribution in [0.15, 0.2) is 18.2 Å². The number of rotatable bonds is 2. The van der Waals surface area contributed by atoms with Crippen LogP contribution in [-0.4, -0.2) is 0 Å². The van der Waals surface area contributed by atoms with Crippen LogP contribution in [0, 0.1) is 11.2 Å². The van der Waals surface area contributed by atoms with Crippen LogP contribution in [0.2, 0.25) is 0 Å². The second-order valence-corrected chi connectivity index (χ2v) is 5.02. The lowest BCUT2D eigenvalue weighted by atomic mass is 9.87. The summed E-state index contributed by atoms with van der Waals surface area (Å²) in [5.74, 6) is -0.0562. The van der Waals surface area contributed by atoms with Crippen LogP contribution in [0.4, 0.5) is 4.39 Å². The predicted molar refractivity (Wildman–Crippen MR) is 58.9 cm³/mol. The highest BCUT2D eigenvalue weighted by molar-refractivity contribution is 5.25. The second kappa shape index (κ2) is 4.12. The molecule has 0 aliphatic carbocycles. The molecule has 0 saturated heterocycles.